The highest BCUT2D eigenvalue weighted by atomic mass is 16.5. The van der Waals surface area contributed by atoms with Crippen molar-refractivity contribution in [1.29, 1.82) is 0 Å². The Morgan fingerprint density at radius 2 is 1.81 bits per heavy atom. The van der Waals surface area contributed by atoms with Crippen LogP contribution < -0.4 is 10.1 Å². The van der Waals surface area contributed by atoms with E-state index in [0.29, 0.717) is 36.8 Å². The van der Waals surface area contributed by atoms with Gasteiger partial charge in [0, 0.05) is 19.2 Å². The van der Waals surface area contributed by atoms with Gasteiger partial charge >= 0.3 is 0 Å². The highest BCUT2D eigenvalue weighted by Crippen LogP contribution is 2.49. The van der Waals surface area contributed by atoms with E-state index in [2.05, 4.69) is 5.32 Å². The van der Waals surface area contributed by atoms with Crippen molar-refractivity contribution in [3.63, 3.8) is 0 Å². The Kier molecular flexibility index (Phi) is 6.80. The molecule has 2 aromatic rings. The first-order chi connectivity index (χ1) is 15.6. The van der Waals surface area contributed by atoms with E-state index in [1.165, 1.54) is 0 Å². The summed E-state index contributed by atoms with van der Waals surface area (Å²) < 4.78 is 11.1. The minimum atomic E-state index is -0.549. The Balaban J connectivity index is 1.79. The van der Waals surface area contributed by atoms with Crippen LogP contribution in [0.2, 0.25) is 0 Å². The summed E-state index contributed by atoms with van der Waals surface area (Å²) in [6.45, 7) is 3.36. The van der Waals surface area contributed by atoms with Crippen LogP contribution in [0, 0.1) is 0 Å². The van der Waals surface area contributed by atoms with Crippen molar-refractivity contribution in [2.45, 2.75) is 50.5 Å². The van der Waals surface area contributed by atoms with E-state index in [-0.39, 0.29) is 11.8 Å². The smallest absolute Gasteiger partial charge is 0.254 e. The lowest BCUT2D eigenvalue weighted by Crippen LogP contribution is -2.62. The van der Waals surface area contributed by atoms with Gasteiger partial charge in [0.2, 0.25) is 5.91 Å². The standard InChI is InChI=1S/C26H32N2O4/c1-3-32-22-14-8-7-13-21(22)27-24(29)23-19-11-5-6-12-20(19)25(30)28(17-18-31-2)26(23)15-9-4-10-16-26/h5-8,11-14,23H,3-4,9-10,15-18H2,1-2H3,(H,27,29)/t23-/m0/s1. The number of carbonyl (C=O) groups is 2. The maximum Gasteiger partial charge on any atom is 0.254 e. The summed E-state index contributed by atoms with van der Waals surface area (Å²) in [5.41, 5.74) is 1.54. The van der Waals surface area contributed by atoms with E-state index < -0.39 is 11.5 Å². The number of nitrogens with zero attached hydrogens (tertiary/aromatic N) is 1. The molecule has 4 rings (SSSR count). The Labute approximate surface area is 189 Å². The predicted octanol–water partition coefficient (Wildman–Crippen LogP) is 4.61. The van der Waals surface area contributed by atoms with E-state index in [1.54, 1.807) is 7.11 Å². The van der Waals surface area contributed by atoms with Crippen LogP contribution in [0.3, 0.4) is 0 Å². The Hall–Kier alpha value is -2.86. The second-order valence-electron chi connectivity index (χ2n) is 8.55. The van der Waals surface area contributed by atoms with Gasteiger partial charge in [-0.15, -0.1) is 0 Å². The van der Waals surface area contributed by atoms with E-state index in [4.69, 9.17) is 9.47 Å². The monoisotopic (exact) mass is 436 g/mol. The maximum absolute atomic E-state index is 14.0. The van der Waals surface area contributed by atoms with E-state index in [0.717, 1.165) is 37.7 Å². The number of ether oxygens (including phenoxy) is 2. The molecule has 0 saturated heterocycles. The molecule has 1 saturated carbocycles. The zero-order valence-electron chi connectivity index (χ0n) is 18.9. The first kappa shape index (κ1) is 22.3. The molecule has 6 nitrogen and oxygen atoms in total. The summed E-state index contributed by atoms with van der Waals surface area (Å²) in [6, 6.07) is 15.1. The first-order valence-corrected chi connectivity index (χ1v) is 11.5. The minimum absolute atomic E-state index is 0.00156. The van der Waals surface area contributed by atoms with Gasteiger partial charge in [0.15, 0.2) is 0 Å². The van der Waals surface area contributed by atoms with Crippen molar-refractivity contribution < 1.29 is 19.1 Å². The van der Waals surface area contributed by atoms with Gasteiger partial charge in [0.1, 0.15) is 5.75 Å². The lowest BCUT2D eigenvalue weighted by molar-refractivity contribution is -0.122. The number of anilines is 1. The van der Waals surface area contributed by atoms with Crippen LogP contribution in [0.4, 0.5) is 5.69 Å². The summed E-state index contributed by atoms with van der Waals surface area (Å²) >= 11 is 0. The maximum atomic E-state index is 14.0. The van der Waals surface area contributed by atoms with E-state index in [9.17, 15) is 9.59 Å². The second-order valence-corrected chi connectivity index (χ2v) is 8.55. The third-order valence-electron chi connectivity index (χ3n) is 6.77. The lowest BCUT2D eigenvalue weighted by Gasteiger charge is -2.53. The Morgan fingerprint density at radius 1 is 1.09 bits per heavy atom. The van der Waals surface area contributed by atoms with Gasteiger partial charge in [-0.3, -0.25) is 9.59 Å². The molecule has 32 heavy (non-hydrogen) atoms. The van der Waals surface area contributed by atoms with Crippen LogP contribution in [-0.4, -0.2) is 49.1 Å². The van der Waals surface area contributed by atoms with Gasteiger partial charge < -0.3 is 19.7 Å². The lowest BCUT2D eigenvalue weighted by atomic mass is 9.65. The van der Waals surface area contributed by atoms with Crippen molar-refractivity contribution in [3.8, 4) is 5.75 Å². The van der Waals surface area contributed by atoms with Crippen LogP contribution in [0.1, 0.15) is 60.9 Å². The number of hydrogen-bond acceptors (Lipinski definition) is 4. The van der Waals surface area contributed by atoms with Crippen LogP contribution in [0.25, 0.3) is 0 Å². The molecule has 1 aliphatic carbocycles. The van der Waals surface area contributed by atoms with Crippen molar-refractivity contribution in [2.24, 2.45) is 0 Å². The molecule has 1 heterocycles. The van der Waals surface area contributed by atoms with Gasteiger partial charge in [0.25, 0.3) is 5.91 Å². The summed E-state index contributed by atoms with van der Waals surface area (Å²) in [4.78, 5) is 29.5. The van der Waals surface area contributed by atoms with Crippen molar-refractivity contribution >= 4 is 17.5 Å². The molecule has 1 N–H and O–H groups in total. The molecule has 0 unspecified atom stereocenters. The first-order valence-electron chi connectivity index (χ1n) is 11.5. The van der Waals surface area contributed by atoms with Crippen LogP contribution >= 0.6 is 0 Å². The fourth-order valence-electron chi connectivity index (χ4n) is 5.41. The largest absolute Gasteiger partial charge is 0.492 e. The highest BCUT2D eigenvalue weighted by molar-refractivity contribution is 6.05. The highest BCUT2D eigenvalue weighted by Gasteiger charge is 2.54. The van der Waals surface area contributed by atoms with E-state index >= 15 is 0 Å². The average Bonchev–Trinajstić information content (AvgIpc) is 2.81. The molecule has 0 bridgehead atoms. The molecule has 0 aromatic heterocycles. The molecule has 1 atom stereocenters. The van der Waals surface area contributed by atoms with Gasteiger partial charge in [-0.25, -0.2) is 0 Å². The number of methoxy groups -OCH3 is 1. The second kappa shape index (κ2) is 9.74. The molecule has 2 aromatic carbocycles. The Morgan fingerprint density at radius 3 is 2.56 bits per heavy atom. The van der Waals surface area contributed by atoms with Gasteiger partial charge in [-0.1, -0.05) is 49.6 Å². The molecule has 1 spiro atoms. The van der Waals surface area contributed by atoms with Crippen molar-refractivity contribution in [3.05, 3.63) is 59.7 Å². The fourth-order valence-corrected chi connectivity index (χ4v) is 5.41. The SMILES string of the molecule is CCOc1ccccc1NC(=O)[C@@H]1c2ccccc2C(=O)N(CCOC)C12CCCCC2. The summed E-state index contributed by atoms with van der Waals surface area (Å²) in [5.74, 6) is 0.0976. The molecule has 2 aliphatic rings. The number of rotatable bonds is 7. The quantitative estimate of drug-likeness (QED) is 0.688. The molecule has 0 radical (unpaired) electrons. The number of carbonyl (C=O) groups excluding carboxylic acids is 2. The van der Waals surface area contributed by atoms with Crippen molar-refractivity contribution in [1.82, 2.24) is 4.90 Å². The van der Waals surface area contributed by atoms with Gasteiger partial charge in [-0.2, -0.15) is 0 Å². The predicted molar refractivity (Wildman–Crippen MR) is 124 cm³/mol. The van der Waals surface area contributed by atoms with E-state index in [1.807, 2.05) is 60.4 Å². The van der Waals surface area contributed by atoms with Gasteiger partial charge in [-0.05, 0) is 43.5 Å². The normalized spacial score (nSPS) is 19.5. The fraction of sp³-hybridized carbons (Fsp3) is 0.462. The molecular formula is C26H32N2O4. The number of amides is 2. The zero-order valence-corrected chi connectivity index (χ0v) is 18.9. The van der Waals surface area contributed by atoms with Crippen LogP contribution in [0.5, 0.6) is 5.75 Å². The van der Waals surface area contributed by atoms with Crippen molar-refractivity contribution in [2.75, 3.05) is 32.2 Å². The third-order valence-corrected chi connectivity index (χ3v) is 6.77. The van der Waals surface area contributed by atoms with Crippen LogP contribution in [0.15, 0.2) is 48.5 Å². The number of benzene rings is 2. The zero-order chi connectivity index (χ0) is 22.6. The number of fused-ring (bicyclic) bond motifs is 1. The molecule has 6 heteroatoms. The molecule has 1 aliphatic heterocycles. The van der Waals surface area contributed by atoms with Gasteiger partial charge in [0.05, 0.1) is 30.4 Å². The third kappa shape index (κ3) is 3.99. The summed E-state index contributed by atoms with van der Waals surface area (Å²) in [5, 5.41) is 3.14. The molecule has 170 valence electrons. The number of para-hydroxylation sites is 2. The molecule has 2 amide bonds. The van der Waals surface area contributed by atoms with Crippen LogP contribution in [-0.2, 0) is 9.53 Å². The summed E-state index contributed by atoms with van der Waals surface area (Å²) in [6.07, 6.45) is 4.73. The Bertz CT molecular complexity index is 968. The molecular weight excluding hydrogens is 404 g/mol. The average molecular weight is 437 g/mol. The summed E-state index contributed by atoms with van der Waals surface area (Å²) in [7, 11) is 1.64. The minimum Gasteiger partial charge on any atom is -0.492 e. The number of nitrogens with one attached hydrogen (secondary N) is 1. The topological polar surface area (TPSA) is 67.9 Å². The number of hydrogen-bond donors (Lipinski definition) is 1. The molecule has 1 fully saturated rings.